The average Bonchev–Trinajstić information content (AvgIpc) is 2.96. The minimum atomic E-state index is -0.459. The average molecular weight is 350 g/mol. The van der Waals surface area contributed by atoms with Crippen LogP contribution in [0.4, 0.5) is 0 Å². The topological polar surface area (TPSA) is 64.9 Å². The number of halogens is 1. The standard InChI is InChI=1S/C16H20BrN3O/c1-10-5-7-16(18,8-6-10)15-19-14(20-21-15)12-4-3-11(2)13(17)9-12/h3-4,9-10H,5-8,18H2,1-2H3. The van der Waals surface area contributed by atoms with E-state index in [4.69, 9.17) is 10.3 Å². The molecule has 0 unspecified atom stereocenters. The zero-order chi connectivity index (χ0) is 15.0. The summed E-state index contributed by atoms with van der Waals surface area (Å²) in [6, 6.07) is 6.05. The maximum Gasteiger partial charge on any atom is 0.247 e. The van der Waals surface area contributed by atoms with Crippen molar-refractivity contribution in [2.45, 2.75) is 45.1 Å². The maximum absolute atomic E-state index is 6.48. The molecule has 1 aliphatic rings. The second-order valence-corrected chi connectivity index (χ2v) is 7.08. The second kappa shape index (κ2) is 5.54. The Labute approximate surface area is 133 Å². The molecule has 0 bridgehead atoms. The summed E-state index contributed by atoms with van der Waals surface area (Å²) in [5, 5.41) is 4.11. The van der Waals surface area contributed by atoms with Gasteiger partial charge < -0.3 is 10.3 Å². The third-order valence-electron chi connectivity index (χ3n) is 4.45. The summed E-state index contributed by atoms with van der Waals surface area (Å²) in [7, 11) is 0. The van der Waals surface area contributed by atoms with Crippen molar-refractivity contribution >= 4 is 15.9 Å². The van der Waals surface area contributed by atoms with E-state index in [0.29, 0.717) is 11.7 Å². The van der Waals surface area contributed by atoms with Gasteiger partial charge in [0, 0.05) is 10.0 Å². The Hall–Kier alpha value is -1.20. The number of nitrogens with two attached hydrogens (primary N) is 1. The van der Waals surface area contributed by atoms with Gasteiger partial charge in [-0.15, -0.1) is 0 Å². The molecule has 1 aromatic heterocycles. The summed E-state index contributed by atoms with van der Waals surface area (Å²) < 4.78 is 6.51. The fourth-order valence-corrected chi connectivity index (χ4v) is 3.14. The van der Waals surface area contributed by atoms with Crippen LogP contribution in [0, 0.1) is 12.8 Å². The van der Waals surface area contributed by atoms with E-state index in [0.717, 1.165) is 41.6 Å². The van der Waals surface area contributed by atoms with Crippen molar-refractivity contribution < 1.29 is 4.52 Å². The molecular weight excluding hydrogens is 330 g/mol. The molecule has 0 spiro atoms. The van der Waals surface area contributed by atoms with E-state index in [9.17, 15) is 0 Å². The zero-order valence-electron chi connectivity index (χ0n) is 12.4. The maximum atomic E-state index is 6.48. The summed E-state index contributed by atoms with van der Waals surface area (Å²) in [6.07, 6.45) is 4.05. The number of nitrogens with zero attached hydrogens (tertiary/aromatic N) is 2. The van der Waals surface area contributed by atoms with Gasteiger partial charge in [-0.25, -0.2) is 0 Å². The fraction of sp³-hybridized carbons (Fsp3) is 0.500. The molecule has 1 fully saturated rings. The van der Waals surface area contributed by atoms with Crippen LogP contribution in [0.2, 0.25) is 0 Å². The van der Waals surface area contributed by atoms with E-state index >= 15 is 0 Å². The minimum absolute atomic E-state index is 0.459. The number of rotatable bonds is 2. The molecule has 0 radical (unpaired) electrons. The zero-order valence-corrected chi connectivity index (χ0v) is 14.0. The van der Waals surface area contributed by atoms with Crippen molar-refractivity contribution in [3.63, 3.8) is 0 Å². The Balaban J connectivity index is 1.87. The van der Waals surface area contributed by atoms with Crippen molar-refractivity contribution in [3.8, 4) is 11.4 Å². The number of benzene rings is 1. The first-order valence-electron chi connectivity index (χ1n) is 7.37. The van der Waals surface area contributed by atoms with Gasteiger partial charge in [-0.1, -0.05) is 40.1 Å². The quantitative estimate of drug-likeness (QED) is 0.883. The molecule has 1 heterocycles. The monoisotopic (exact) mass is 349 g/mol. The molecular formula is C16H20BrN3O. The van der Waals surface area contributed by atoms with Crippen LogP contribution in [0.1, 0.15) is 44.1 Å². The number of hydrogen-bond acceptors (Lipinski definition) is 4. The predicted molar refractivity (Wildman–Crippen MR) is 85.7 cm³/mol. The van der Waals surface area contributed by atoms with Crippen LogP contribution in [0.5, 0.6) is 0 Å². The lowest BCUT2D eigenvalue weighted by Gasteiger charge is -2.32. The molecule has 1 aromatic carbocycles. The molecule has 3 rings (SSSR count). The van der Waals surface area contributed by atoms with Crippen LogP contribution in [0.3, 0.4) is 0 Å². The largest absolute Gasteiger partial charge is 0.337 e. The number of aryl methyl sites for hydroxylation is 1. The Bertz CT molecular complexity index is 645. The van der Waals surface area contributed by atoms with Gasteiger partial charge in [0.25, 0.3) is 0 Å². The van der Waals surface area contributed by atoms with Gasteiger partial charge in [0.15, 0.2) is 0 Å². The summed E-state index contributed by atoms with van der Waals surface area (Å²) in [4.78, 5) is 4.55. The lowest BCUT2D eigenvalue weighted by Crippen LogP contribution is -2.40. The van der Waals surface area contributed by atoms with Crippen LogP contribution in [-0.2, 0) is 5.54 Å². The van der Waals surface area contributed by atoms with Gasteiger partial charge in [-0.05, 0) is 50.2 Å². The molecule has 1 aliphatic carbocycles. The number of aromatic nitrogens is 2. The molecule has 4 nitrogen and oxygen atoms in total. The molecule has 2 aromatic rings. The van der Waals surface area contributed by atoms with Crippen LogP contribution in [0.25, 0.3) is 11.4 Å². The smallest absolute Gasteiger partial charge is 0.247 e. The summed E-state index contributed by atoms with van der Waals surface area (Å²) in [6.45, 7) is 4.32. The highest BCUT2D eigenvalue weighted by atomic mass is 79.9. The molecule has 0 atom stereocenters. The molecule has 0 aliphatic heterocycles. The molecule has 0 amide bonds. The molecule has 112 valence electrons. The van der Waals surface area contributed by atoms with Crippen LogP contribution in [-0.4, -0.2) is 10.1 Å². The van der Waals surface area contributed by atoms with E-state index in [1.165, 1.54) is 5.56 Å². The SMILES string of the molecule is Cc1ccc(-c2noc(C3(N)CCC(C)CC3)n2)cc1Br. The Morgan fingerprint density at radius 3 is 2.71 bits per heavy atom. The highest BCUT2D eigenvalue weighted by molar-refractivity contribution is 9.10. The van der Waals surface area contributed by atoms with Crippen molar-refractivity contribution in [2.75, 3.05) is 0 Å². The van der Waals surface area contributed by atoms with E-state index < -0.39 is 5.54 Å². The first-order chi connectivity index (χ1) is 9.98. The van der Waals surface area contributed by atoms with Gasteiger partial charge in [-0.3, -0.25) is 0 Å². The van der Waals surface area contributed by atoms with Crippen LogP contribution < -0.4 is 5.73 Å². The molecule has 1 saturated carbocycles. The highest BCUT2D eigenvalue weighted by Crippen LogP contribution is 2.37. The Morgan fingerprint density at radius 2 is 2.05 bits per heavy atom. The van der Waals surface area contributed by atoms with E-state index in [2.05, 4.69) is 33.0 Å². The molecule has 5 heteroatoms. The highest BCUT2D eigenvalue weighted by Gasteiger charge is 2.37. The lowest BCUT2D eigenvalue weighted by molar-refractivity contribution is 0.190. The van der Waals surface area contributed by atoms with Crippen LogP contribution >= 0.6 is 15.9 Å². The first-order valence-corrected chi connectivity index (χ1v) is 8.17. The molecule has 0 saturated heterocycles. The Kier molecular flexibility index (Phi) is 3.88. The minimum Gasteiger partial charge on any atom is -0.337 e. The molecule has 21 heavy (non-hydrogen) atoms. The van der Waals surface area contributed by atoms with Gasteiger partial charge in [0.05, 0.1) is 5.54 Å². The van der Waals surface area contributed by atoms with Gasteiger partial charge in [0.1, 0.15) is 0 Å². The second-order valence-electron chi connectivity index (χ2n) is 6.23. The van der Waals surface area contributed by atoms with Gasteiger partial charge in [-0.2, -0.15) is 4.98 Å². The number of hydrogen-bond donors (Lipinski definition) is 1. The van der Waals surface area contributed by atoms with Crippen molar-refractivity contribution in [2.24, 2.45) is 11.7 Å². The predicted octanol–water partition coefficient (Wildman–Crippen LogP) is 4.17. The van der Waals surface area contributed by atoms with Crippen LogP contribution in [0.15, 0.2) is 27.2 Å². The fourth-order valence-electron chi connectivity index (χ4n) is 2.77. The van der Waals surface area contributed by atoms with Crippen molar-refractivity contribution in [1.29, 1.82) is 0 Å². The molecule has 2 N–H and O–H groups in total. The van der Waals surface area contributed by atoms with E-state index in [1.807, 2.05) is 25.1 Å². The van der Waals surface area contributed by atoms with Gasteiger partial charge >= 0.3 is 0 Å². The van der Waals surface area contributed by atoms with Crippen molar-refractivity contribution in [1.82, 2.24) is 10.1 Å². The third-order valence-corrected chi connectivity index (χ3v) is 5.30. The summed E-state index contributed by atoms with van der Waals surface area (Å²) in [5.41, 5.74) is 8.14. The Morgan fingerprint density at radius 1 is 1.33 bits per heavy atom. The normalized spacial score (nSPS) is 26.0. The van der Waals surface area contributed by atoms with E-state index in [1.54, 1.807) is 0 Å². The lowest BCUT2D eigenvalue weighted by atomic mass is 9.78. The van der Waals surface area contributed by atoms with Crippen molar-refractivity contribution in [3.05, 3.63) is 34.1 Å². The first kappa shape index (κ1) is 14.7. The summed E-state index contributed by atoms with van der Waals surface area (Å²) >= 11 is 3.53. The third kappa shape index (κ3) is 2.90. The van der Waals surface area contributed by atoms with Gasteiger partial charge in [0.2, 0.25) is 11.7 Å². The summed E-state index contributed by atoms with van der Waals surface area (Å²) in [5.74, 6) is 1.91. The van der Waals surface area contributed by atoms with E-state index in [-0.39, 0.29) is 0 Å².